The molecule has 23 heavy (non-hydrogen) atoms. The molecular formula is C18H24N4O. The van der Waals surface area contributed by atoms with E-state index in [1.165, 1.54) is 42.5 Å². The summed E-state index contributed by atoms with van der Waals surface area (Å²) >= 11 is 0. The van der Waals surface area contributed by atoms with Gasteiger partial charge in [-0.15, -0.1) is 5.10 Å². The Morgan fingerprint density at radius 1 is 1.22 bits per heavy atom. The van der Waals surface area contributed by atoms with E-state index in [2.05, 4.69) is 33.8 Å². The van der Waals surface area contributed by atoms with Crippen LogP contribution in [0.25, 0.3) is 5.69 Å². The van der Waals surface area contributed by atoms with Gasteiger partial charge in [0.15, 0.2) is 0 Å². The standard InChI is InChI=1S/C18H24N4O/c1-2-8-17-14(5-1)6-3-9-18(17)22-12-15(20-21-22)13-23-16-7-4-10-19-11-16/h3,6,9,12,16,19H,1-2,4-5,7-8,10-11,13H2. The van der Waals surface area contributed by atoms with E-state index in [1.54, 1.807) is 0 Å². The van der Waals surface area contributed by atoms with Crippen LogP contribution in [0.5, 0.6) is 0 Å². The van der Waals surface area contributed by atoms with Crippen LogP contribution >= 0.6 is 0 Å². The zero-order valence-corrected chi connectivity index (χ0v) is 13.5. The minimum absolute atomic E-state index is 0.304. The number of nitrogens with one attached hydrogen (secondary N) is 1. The molecule has 2 aliphatic rings. The van der Waals surface area contributed by atoms with E-state index in [0.717, 1.165) is 31.6 Å². The molecule has 0 saturated carbocycles. The zero-order valence-electron chi connectivity index (χ0n) is 13.5. The number of hydrogen-bond donors (Lipinski definition) is 1. The van der Waals surface area contributed by atoms with Crippen LogP contribution in [0.1, 0.15) is 42.5 Å². The summed E-state index contributed by atoms with van der Waals surface area (Å²) in [7, 11) is 0. The smallest absolute Gasteiger partial charge is 0.109 e. The van der Waals surface area contributed by atoms with E-state index in [9.17, 15) is 0 Å². The third-order valence-corrected chi connectivity index (χ3v) is 4.88. The highest BCUT2D eigenvalue weighted by molar-refractivity contribution is 5.46. The number of hydrogen-bond acceptors (Lipinski definition) is 4. The summed E-state index contributed by atoms with van der Waals surface area (Å²) in [5.74, 6) is 0. The summed E-state index contributed by atoms with van der Waals surface area (Å²) in [4.78, 5) is 0. The molecule has 122 valence electrons. The molecule has 5 heteroatoms. The van der Waals surface area contributed by atoms with Crippen LogP contribution in [0.2, 0.25) is 0 Å². The van der Waals surface area contributed by atoms with Crippen LogP contribution in [0.15, 0.2) is 24.4 Å². The Morgan fingerprint density at radius 3 is 3.09 bits per heavy atom. The maximum absolute atomic E-state index is 5.95. The van der Waals surface area contributed by atoms with Crippen LogP contribution < -0.4 is 5.32 Å². The van der Waals surface area contributed by atoms with Gasteiger partial charge in [-0.2, -0.15) is 0 Å². The number of benzene rings is 1. The minimum atomic E-state index is 0.304. The maximum atomic E-state index is 5.95. The third kappa shape index (κ3) is 3.31. The predicted octanol–water partition coefficient (Wildman–Crippen LogP) is 2.41. The van der Waals surface area contributed by atoms with Gasteiger partial charge < -0.3 is 10.1 Å². The van der Waals surface area contributed by atoms with Gasteiger partial charge in [0.25, 0.3) is 0 Å². The molecule has 1 aromatic heterocycles. The number of ether oxygens (including phenoxy) is 1. The summed E-state index contributed by atoms with van der Waals surface area (Å²) in [6, 6.07) is 6.52. The topological polar surface area (TPSA) is 52.0 Å². The summed E-state index contributed by atoms with van der Waals surface area (Å²) in [5, 5.41) is 12.0. The van der Waals surface area contributed by atoms with Gasteiger partial charge in [-0.3, -0.25) is 0 Å². The lowest BCUT2D eigenvalue weighted by atomic mass is 9.90. The Hall–Kier alpha value is -1.72. The third-order valence-electron chi connectivity index (χ3n) is 4.88. The number of fused-ring (bicyclic) bond motifs is 1. The first-order valence-electron chi connectivity index (χ1n) is 8.75. The van der Waals surface area contributed by atoms with E-state index >= 15 is 0 Å². The van der Waals surface area contributed by atoms with Crippen molar-refractivity contribution in [3.05, 3.63) is 41.2 Å². The van der Waals surface area contributed by atoms with Gasteiger partial charge in [0.1, 0.15) is 5.69 Å². The predicted molar refractivity (Wildman–Crippen MR) is 88.7 cm³/mol. The molecule has 0 amide bonds. The minimum Gasteiger partial charge on any atom is -0.370 e. The van der Waals surface area contributed by atoms with E-state index in [-0.39, 0.29) is 0 Å². The number of aryl methyl sites for hydroxylation is 1. The highest BCUT2D eigenvalue weighted by atomic mass is 16.5. The summed E-state index contributed by atoms with van der Waals surface area (Å²) in [6.45, 7) is 2.59. The van der Waals surface area contributed by atoms with Gasteiger partial charge in [-0.25, -0.2) is 4.68 Å². The summed E-state index contributed by atoms with van der Waals surface area (Å²) in [6.07, 6.45) is 9.53. The normalized spacial score (nSPS) is 21.1. The van der Waals surface area contributed by atoms with Gasteiger partial charge in [0.2, 0.25) is 0 Å². The van der Waals surface area contributed by atoms with E-state index in [4.69, 9.17) is 4.74 Å². The van der Waals surface area contributed by atoms with Crippen molar-refractivity contribution >= 4 is 0 Å². The first kappa shape index (κ1) is 14.8. The second kappa shape index (κ2) is 6.81. The van der Waals surface area contributed by atoms with E-state index in [1.807, 2.05) is 10.9 Å². The lowest BCUT2D eigenvalue weighted by Crippen LogP contribution is -2.35. The van der Waals surface area contributed by atoms with E-state index in [0.29, 0.717) is 12.7 Å². The van der Waals surface area contributed by atoms with Crippen molar-refractivity contribution in [3.63, 3.8) is 0 Å². The molecule has 4 rings (SSSR count). The average Bonchev–Trinajstić information content (AvgIpc) is 3.09. The highest BCUT2D eigenvalue weighted by Crippen LogP contribution is 2.26. The fourth-order valence-electron chi connectivity index (χ4n) is 3.62. The molecule has 1 saturated heterocycles. The van der Waals surface area contributed by atoms with Crippen molar-refractivity contribution in [1.82, 2.24) is 20.3 Å². The average molecular weight is 312 g/mol. The molecule has 1 N–H and O–H groups in total. The van der Waals surface area contributed by atoms with Gasteiger partial charge >= 0.3 is 0 Å². The van der Waals surface area contributed by atoms with Crippen molar-refractivity contribution in [2.45, 2.75) is 51.2 Å². The molecule has 2 heterocycles. The van der Waals surface area contributed by atoms with Gasteiger partial charge in [-0.05, 0) is 62.3 Å². The Bertz CT molecular complexity index is 661. The second-order valence-electron chi connectivity index (χ2n) is 6.56. The second-order valence-corrected chi connectivity index (χ2v) is 6.56. The Morgan fingerprint density at radius 2 is 2.17 bits per heavy atom. The molecule has 1 atom stereocenters. The molecule has 5 nitrogen and oxygen atoms in total. The zero-order chi connectivity index (χ0) is 15.5. The molecule has 0 bridgehead atoms. The first-order chi connectivity index (χ1) is 11.4. The Kier molecular flexibility index (Phi) is 4.39. The monoisotopic (exact) mass is 312 g/mol. The maximum Gasteiger partial charge on any atom is 0.109 e. The number of rotatable bonds is 4. The summed E-state index contributed by atoms with van der Waals surface area (Å²) < 4.78 is 7.87. The number of nitrogens with zero attached hydrogens (tertiary/aromatic N) is 3. The van der Waals surface area contributed by atoms with Gasteiger partial charge in [0, 0.05) is 6.54 Å². The van der Waals surface area contributed by atoms with Crippen molar-refractivity contribution in [1.29, 1.82) is 0 Å². The molecule has 0 spiro atoms. The van der Waals surface area contributed by atoms with E-state index < -0.39 is 0 Å². The highest BCUT2D eigenvalue weighted by Gasteiger charge is 2.16. The van der Waals surface area contributed by atoms with Crippen molar-refractivity contribution in [2.75, 3.05) is 13.1 Å². The quantitative estimate of drug-likeness (QED) is 0.942. The largest absolute Gasteiger partial charge is 0.370 e. The van der Waals surface area contributed by atoms with Crippen molar-refractivity contribution in [2.24, 2.45) is 0 Å². The fourth-order valence-corrected chi connectivity index (χ4v) is 3.62. The lowest BCUT2D eigenvalue weighted by molar-refractivity contribution is 0.0236. The molecule has 1 aromatic carbocycles. The molecule has 2 aromatic rings. The lowest BCUT2D eigenvalue weighted by Gasteiger charge is -2.22. The SMILES string of the molecule is c1cc2c(c(-n3cc(COC4CCCNC4)nn3)c1)CCCC2. The Labute approximate surface area is 137 Å². The molecule has 1 aliphatic carbocycles. The summed E-state index contributed by atoms with van der Waals surface area (Å²) in [5.41, 5.74) is 4.99. The number of aromatic nitrogens is 3. The molecule has 1 aliphatic heterocycles. The van der Waals surface area contributed by atoms with Crippen molar-refractivity contribution < 1.29 is 4.74 Å². The van der Waals surface area contributed by atoms with Crippen molar-refractivity contribution in [3.8, 4) is 5.69 Å². The number of piperidine rings is 1. The molecule has 1 fully saturated rings. The van der Waals surface area contributed by atoms with Crippen LogP contribution in [-0.4, -0.2) is 34.2 Å². The van der Waals surface area contributed by atoms with Crippen LogP contribution in [0, 0.1) is 0 Å². The molecule has 0 radical (unpaired) electrons. The van der Waals surface area contributed by atoms with Crippen LogP contribution in [0.4, 0.5) is 0 Å². The van der Waals surface area contributed by atoms with Gasteiger partial charge in [-0.1, -0.05) is 17.3 Å². The fraction of sp³-hybridized carbons (Fsp3) is 0.556. The molecular weight excluding hydrogens is 288 g/mol. The Balaban J connectivity index is 1.47. The van der Waals surface area contributed by atoms with Crippen LogP contribution in [-0.2, 0) is 24.2 Å². The first-order valence-corrected chi connectivity index (χ1v) is 8.75. The molecule has 1 unspecified atom stereocenters. The van der Waals surface area contributed by atoms with Gasteiger partial charge in [0.05, 0.1) is 24.6 Å². The van der Waals surface area contributed by atoms with Crippen LogP contribution in [0.3, 0.4) is 0 Å².